The van der Waals surface area contributed by atoms with Crippen LogP contribution in [-0.4, -0.2) is 30.7 Å². The molecule has 0 aliphatic carbocycles. The summed E-state index contributed by atoms with van der Waals surface area (Å²) in [4.78, 5) is 11.4. The Labute approximate surface area is 113 Å². The molecule has 0 saturated carbocycles. The van der Waals surface area contributed by atoms with Gasteiger partial charge >= 0.3 is 12.4 Å². The molecule has 0 heterocycles. The number of aliphatic hydroxyl groups is 1. The fourth-order valence-electron chi connectivity index (χ4n) is 1.35. The molecule has 1 aromatic rings. The molecule has 0 atom stereocenters. The predicted octanol–water partition coefficient (Wildman–Crippen LogP) is 2.48. The number of carbonyl (C=O) groups is 1. The van der Waals surface area contributed by atoms with Gasteiger partial charge in [0.15, 0.2) is 0 Å². The number of hydrogen-bond acceptors (Lipinski definition) is 3. The van der Waals surface area contributed by atoms with Crippen molar-refractivity contribution in [2.45, 2.75) is 19.2 Å². The van der Waals surface area contributed by atoms with E-state index in [1.807, 2.05) is 0 Å². The molecule has 0 spiro atoms. The Bertz CT molecular complexity index is 421. The molecule has 0 aliphatic rings. The number of amides is 2. The van der Waals surface area contributed by atoms with Gasteiger partial charge in [-0.05, 0) is 37.1 Å². The van der Waals surface area contributed by atoms with Gasteiger partial charge in [-0.15, -0.1) is 13.2 Å². The van der Waals surface area contributed by atoms with Crippen molar-refractivity contribution in [1.29, 1.82) is 0 Å². The zero-order valence-electron chi connectivity index (χ0n) is 10.5. The lowest BCUT2D eigenvalue weighted by molar-refractivity contribution is -0.274. The summed E-state index contributed by atoms with van der Waals surface area (Å²) in [5.41, 5.74) is 0.346. The van der Waals surface area contributed by atoms with Crippen molar-refractivity contribution in [2.24, 2.45) is 0 Å². The van der Waals surface area contributed by atoms with E-state index in [1.54, 1.807) is 0 Å². The van der Waals surface area contributed by atoms with E-state index in [1.165, 1.54) is 12.1 Å². The number of anilines is 1. The summed E-state index contributed by atoms with van der Waals surface area (Å²) < 4.78 is 39.5. The second kappa shape index (κ2) is 7.59. The molecule has 8 heteroatoms. The maximum absolute atomic E-state index is 11.9. The highest BCUT2D eigenvalue weighted by Gasteiger charge is 2.30. The Morgan fingerprint density at radius 3 is 2.40 bits per heavy atom. The summed E-state index contributed by atoms with van der Waals surface area (Å²) in [6.45, 7) is 0.464. The lowest BCUT2D eigenvalue weighted by Gasteiger charge is -2.10. The van der Waals surface area contributed by atoms with Gasteiger partial charge in [-0.25, -0.2) is 4.79 Å². The topological polar surface area (TPSA) is 70.6 Å². The smallest absolute Gasteiger partial charge is 0.406 e. The van der Waals surface area contributed by atoms with Crippen molar-refractivity contribution in [1.82, 2.24) is 5.32 Å². The molecule has 1 aromatic carbocycles. The SMILES string of the molecule is O=C(NCCCCO)Nc1ccc(OC(F)(F)F)cc1. The number of carbonyl (C=O) groups excluding carboxylic acids is 1. The van der Waals surface area contributed by atoms with E-state index >= 15 is 0 Å². The highest BCUT2D eigenvalue weighted by Crippen LogP contribution is 2.23. The molecule has 0 fully saturated rings. The highest BCUT2D eigenvalue weighted by atomic mass is 19.4. The van der Waals surface area contributed by atoms with Crippen molar-refractivity contribution in [3.8, 4) is 5.75 Å². The van der Waals surface area contributed by atoms with Crippen LogP contribution in [0.5, 0.6) is 5.75 Å². The first kappa shape index (κ1) is 16.1. The molecule has 0 aliphatic heterocycles. The molecule has 0 saturated heterocycles. The zero-order chi connectivity index (χ0) is 15.0. The van der Waals surface area contributed by atoms with Crippen LogP contribution < -0.4 is 15.4 Å². The van der Waals surface area contributed by atoms with Crippen molar-refractivity contribution in [3.05, 3.63) is 24.3 Å². The molecule has 0 radical (unpaired) electrons. The third-order valence-electron chi connectivity index (χ3n) is 2.22. The van der Waals surface area contributed by atoms with Crippen LogP contribution >= 0.6 is 0 Å². The monoisotopic (exact) mass is 292 g/mol. The van der Waals surface area contributed by atoms with E-state index in [0.29, 0.717) is 25.1 Å². The largest absolute Gasteiger partial charge is 0.573 e. The number of alkyl halides is 3. The highest BCUT2D eigenvalue weighted by molar-refractivity contribution is 5.89. The summed E-state index contributed by atoms with van der Waals surface area (Å²) in [7, 11) is 0. The zero-order valence-corrected chi connectivity index (χ0v) is 10.5. The number of hydrogen-bond donors (Lipinski definition) is 3. The molecule has 3 N–H and O–H groups in total. The lowest BCUT2D eigenvalue weighted by Crippen LogP contribution is -2.29. The summed E-state index contributed by atoms with van der Waals surface area (Å²) in [5.74, 6) is -0.355. The third kappa shape index (κ3) is 6.83. The molecule has 0 unspecified atom stereocenters. The Kier molecular flexibility index (Phi) is 6.10. The van der Waals surface area contributed by atoms with E-state index < -0.39 is 12.4 Å². The first-order valence-electron chi connectivity index (χ1n) is 5.92. The quantitative estimate of drug-likeness (QED) is 0.705. The van der Waals surface area contributed by atoms with Crippen molar-refractivity contribution < 1.29 is 27.8 Å². The Hall–Kier alpha value is -1.96. The second-order valence-electron chi connectivity index (χ2n) is 3.88. The number of nitrogens with one attached hydrogen (secondary N) is 2. The minimum absolute atomic E-state index is 0.0595. The summed E-state index contributed by atoms with van der Waals surface area (Å²) in [6.07, 6.45) is -3.51. The van der Waals surface area contributed by atoms with Crippen LogP contribution in [0.4, 0.5) is 23.7 Å². The van der Waals surface area contributed by atoms with Gasteiger partial charge in [0.25, 0.3) is 0 Å². The first-order chi connectivity index (χ1) is 9.40. The van der Waals surface area contributed by atoms with Gasteiger partial charge in [-0.1, -0.05) is 0 Å². The maximum Gasteiger partial charge on any atom is 0.573 e. The van der Waals surface area contributed by atoms with Gasteiger partial charge in [-0.2, -0.15) is 0 Å². The van der Waals surface area contributed by atoms with Gasteiger partial charge in [0, 0.05) is 18.8 Å². The third-order valence-corrected chi connectivity index (χ3v) is 2.22. The van der Waals surface area contributed by atoms with Crippen LogP contribution in [0.1, 0.15) is 12.8 Å². The molecule has 0 aromatic heterocycles. The van der Waals surface area contributed by atoms with Gasteiger partial charge in [0.2, 0.25) is 0 Å². The van der Waals surface area contributed by atoms with Crippen molar-refractivity contribution in [3.63, 3.8) is 0 Å². The molecule has 2 amide bonds. The van der Waals surface area contributed by atoms with Gasteiger partial charge in [-0.3, -0.25) is 0 Å². The number of ether oxygens (including phenoxy) is 1. The molecule has 5 nitrogen and oxygen atoms in total. The standard InChI is InChI=1S/C12H15F3N2O3/c13-12(14,15)20-10-5-3-9(4-6-10)17-11(19)16-7-1-2-8-18/h3-6,18H,1-2,7-8H2,(H2,16,17,19). The van der Waals surface area contributed by atoms with E-state index in [4.69, 9.17) is 5.11 Å². The normalized spacial score (nSPS) is 11.0. The predicted molar refractivity (Wildman–Crippen MR) is 66.5 cm³/mol. The second-order valence-corrected chi connectivity index (χ2v) is 3.88. The molecular weight excluding hydrogens is 277 g/mol. The van der Waals surface area contributed by atoms with Gasteiger partial charge in [0.05, 0.1) is 0 Å². The lowest BCUT2D eigenvalue weighted by atomic mass is 10.3. The summed E-state index contributed by atoms with van der Waals surface area (Å²) in [5, 5.41) is 13.6. The van der Waals surface area contributed by atoms with Crippen LogP contribution in [0.2, 0.25) is 0 Å². The number of aliphatic hydroxyl groups excluding tert-OH is 1. The van der Waals surface area contributed by atoms with Crippen LogP contribution in [0.3, 0.4) is 0 Å². The molecule has 1 rings (SSSR count). The molecule has 0 bridgehead atoms. The molecule has 20 heavy (non-hydrogen) atoms. The Morgan fingerprint density at radius 2 is 1.85 bits per heavy atom. The summed E-state index contributed by atoms with van der Waals surface area (Å²) >= 11 is 0. The van der Waals surface area contributed by atoms with E-state index in [-0.39, 0.29) is 12.4 Å². The van der Waals surface area contributed by atoms with Crippen LogP contribution in [0, 0.1) is 0 Å². The number of rotatable bonds is 6. The Balaban J connectivity index is 2.39. The first-order valence-corrected chi connectivity index (χ1v) is 5.92. The minimum atomic E-state index is -4.74. The van der Waals surface area contributed by atoms with E-state index in [0.717, 1.165) is 12.1 Å². The fourth-order valence-corrected chi connectivity index (χ4v) is 1.35. The summed E-state index contributed by atoms with van der Waals surface area (Å²) in [6, 6.07) is 4.35. The number of urea groups is 1. The maximum atomic E-state index is 11.9. The van der Waals surface area contributed by atoms with E-state index in [9.17, 15) is 18.0 Å². The van der Waals surface area contributed by atoms with Crippen LogP contribution in [-0.2, 0) is 0 Å². The van der Waals surface area contributed by atoms with Crippen LogP contribution in [0.25, 0.3) is 0 Å². The number of benzene rings is 1. The Morgan fingerprint density at radius 1 is 1.20 bits per heavy atom. The van der Waals surface area contributed by atoms with Crippen molar-refractivity contribution in [2.75, 3.05) is 18.5 Å². The molecular formula is C12H15F3N2O3. The van der Waals surface area contributed by atoms with Gasteiger partial charge in [0.1, 0.15) is 5.75 Å². The van der Waals surface area contributed by atoms with Crippen molar-refractivity contribution >= 4 is 11.7 Å². The average molecular weight is 292 g/mol. The minimum Gasteiger partial charge on any atom is -0.406 e. The molecule has 112 valence electrons. The van der Waals surface area contributed by atoms with E-state index in [2.05, 4.69) is 15.4 Å². The average Bonchev–Trinajstić information content (AvgIpc) is 2.35. The fraction of sp³-hybridized carbons (Fsp3) is 0.417. The number of halogens is 3. The van der Waals surface area contributed by atoms with Crippen LogP contribution in [0.15, 0.2) is 24.3 Å². The number of unbranched alkanes of at least 4 members (excludes halogenated alkanes) is 1. The van der Waals surface area contributed by atoms with Gasteiger partial charge < -0.3 is 20.5 Å².